The van der Waals surface area contributed by atoms with E-state index in [9.17, 15) is 0 Å². The lowest BCUT2D eigenvalue weighted by atomic mass is 10.1. The fraction of sp³-hybridized carbons (Fsp3) is 0.455. The summed E-state index contributed by atoms with van der Waals surface area (Å²) in [5.74, 6) is 0.952. The molecule has 0 aliphatic carbocycles. The highest BCUT2D eigenvalue weighted by molar-refractivity contribution is 7.80. The fourth-order valence-electron chi connectivity index (χ4n) is 1.41. The highest BCUT2D eigenvalue weighted by atomic mass is 32.1. The van der Waals surface area contributed by atoms with Crippen LogP contribution < -0.4 is 10.1 Å². The summed E-state index contributed by atoms with van der Waals surface area (Å²) < 4.78 is 5.26. The zero-order valence-corrected chi connectivity index (χ0v) is 9.77. The summed E-state index contributed by atoms with van der Waals surface area (Å²) >= 11 is 4.42. The number of hydrogen-bond acceptors (Lipinski definition) is 3. The van der Waals surface area contributed by atoms with E-state index in [4.69, 9.17) is 4.74 Å². The van der Waals surface area contributed by atoms with Gasteiger partial charge >= 0.3 is 0 Å². The molecule has 0 aliphatic heterocycles. The lowest BCUT2D eigenvalue weighted by molar-refractivity contribution is 0.410. The maximum absolute atomic E-state index is 5.26. The minimum Gasteiger partial charge on any atom is -0.496 e. The minimum absolute atomic E-state index is 0.0891. The number of thiol groups is 1. The molecule has 0 aliphatic rings. The molecule has 0 bridgehead atoms. The molecular weight excluding hydrogens is 194 g/mol. The highest BCUT2D eigenvalue weighted by Gasteiger charge is 2.07. The monoisotopic (exact) mass is 211 g/mol. The molecule has 0 fully saturated rings. The summed E-state index contributed by atoms with van der Waals surface area (Å²) in [6.07, 6.45) is 0.973. The number of aryl methyl sites for hydroxylation is 1. The molecule has 0 saturated carbocycles. The molecule has 78 valence electrons. The molecule has 0 radical (unpaired) electrons. The van der Waals surface area contributed by atoms with Gasteiger partial charge < -0.3 is 10.1 Å². The molecule has 0 heterocycles. The van der Waals surface area contributed by atoms with Gasteiger partial charge in [0.25, 0.3) is 0 Å². The molecule has 1 aromatic rings. The fourth-order valence-corrected chi connectivity index (χ4v) is 1.57. The molecule has 0 saturated heterocycles. The Balaban J connectivity index is 3.01. The third-order valence-electron chi connectivity index (χ3n) is 2.27. The molecule has 0 aromatic heterocycles. The van der Waals surface area contributed by atoms with Crippen LogP contribution in [0.1, 0.15) is 23.4 Å². The molecule has 14 heavy (non-hydrogen) atoms. The SMILES string of the molecule is CCc1cc(C(S)NC)ccc1OC. The molecular formula is C11H17NOS. The van der Waals surface area contributed by atoms with Crippen molar-refractivity contribution >= 4 is 12.6 Å². The second-order valence-corrected chi connectivity index (χ2v) is 3.63. The quantitative estimate of drug-likeness (QED) is 0.589. The van der Waals surface area contributed by atoms with Crippen molar-refractivity contribution in [3.8, 4) is 5.75 Å². The van der Waals surface area contributed by atoms with Gasteiger partial charge in [-0.15, -0.1) is 0 Å². The third kappa shape index (κ3) is 2.42. The number of hydrogen-bond donors (Lipinski definition) is 2. The van der Waals surface area contributed by atoms with Crippen LogP contribution in [0, 0.1) is 0 Å². The first kappa shape index (κ1) is 11.4. The summed E-state index contributed by atoms with van der Waals surface area (Å²) in [4.78, 5) is 0. The van der Waals surface area contributed by atoms with Gasteiger partial charge in [-0.1, -0.05) is 13.0 Å². The Morgan fingerprint density at radius 1 is 1.50 bits per heavy atom. The maximum atomic E-state index is 5.26. The molecule has 1 aromatic carbocycles. The Labute approximate surface area is 91.1 Å². The summed E-state index contributed by atoms with van der Waals surface area (Å²) in [5, 5.41) is 3.18. The summed E-state index contributed by atoms with van der Waals surface area (Å²) in [5.41, 5.74) is 2.40. The van der Waals surface area contributed by atoms with Crippen molar-refractivity contribution in [1.29, 1.82) is 0 Å². The first-order valence-corrected chi connectivity index (χ1v) is 5.26. The molecule has 1 atom stereocenters. The number of rotatable bonds is 4. The molecule has 3 heteroatoms. The zero-order valence-electron chi connectivity index (χ0n) is 8.87. The van der Waals surface area contributed by atoms with Crippen LogP contribution in [0.25, 0.3) is 0 Å². The Morgan fingerprint density at radius 3 is 2.71 bits per heavy atom. The van der Waals surface area contributed by atoms with Gasteiger partial charge in [0.15, 0.2) is 0 Å². The van der Waals surface area contributed by atoms with Crippen LogP contribution in [0.2, 0.25) is 0 Å². The van der Waals surface area contributed by atoms with Crippen LogP contribution in [0.5, 0.6) is 5.75 Å². The van der Waals surface area contributed by atoms with E-state index in [-0.39, 0.29) is 5.37 Å². The van der Waals surface area contributed by atoms with Gasteiger partial charge in [-0.2, -0.15) is 12.6 Å². The minimum atomic E-state index is 0.0891. The van der Waals surface area contributed by atoms with Gasteiger partial charge in [-0.25, -0.2) is 0 Å². The largest absolute Gasteiger partial charge is 0.496 e. The van der Waals surface area contributed by atoms with Gasteiger partial charge in [-0.3, -0.25) is 0 Å². The number of benzene rings is 1. The third-order valence-corrected chi connectivity index (χ3v) is 2.83. The number of methoxy groups -OCH3 is 1. The van der Waals surface area contributed by atoms with E-state index >= 15 is 0 Å². The van der Waals surface area contributed by atoms with Crippen LogP contribution in [-0.2, 0) is 6.42 Å². The van der Waals surface area contributed by atoms with Crippen molar-refractivity contribution in [2.45, 2.75) is 18.7 Å². The molecule has 1 N–H and O–H groups in total. The van der Waals surface area contributed by atoms with Crippen molar-refractivity contribution in [2.75, 3.05) is 14.2 Å². The topological polar surface area (TPSA) is 21.3 Å². The van der Waals surface area contributed by atoms with Crippen molar-refractivity contribution in [3.05, 3.63) is 29.3 Å². The Morgan fingerprint density at radius 2 is 2.21 bits per heavy atom. The van der Waals surface area contributed by atoms with E-state index in [1.54, 1.807) is 7.11 Å². The van der Waals surface area contributed by atoms with Gasteiger partial charge in [0.2, 0.25) is 0 Å². The van der Waals surface area contributed by atoms with E-state index in [1.807, 2.05) is 19.2 Å². The highest BCUT2D eigenvalue weighted by Crippen LogP contribution is 2.24. The maximum Gasteiger partial charge on any atom is 0.122 e. The summed E-state index contributed by atoms with van der Waals surface area (Å²) in [6, 6.07) is 6.16. The standard InChI is InChI=1S/C11H17NOS/c1-4-8-7-9(11(14)12-2)5-6-10(8)13-3/h5-7,11-12,14H,4H2,1-3H3. The van der Waals surface area contributed by atoms with E-state index in [2.05, 4.69) is 30.9 Å². The van der Waals surface area contributed by atoms with Crippen LogP contribution >= 0.6 is 12.6 Å². The second kappa shape index (κ2) is 5.27. The second-order valence-electron chi connectivity index (χ2n) is 3.12. The lowest BCUT2D eigenvalue weighted by Crippen LogP contribution is -2.10. The van der Waals surface area contributed by atoms with Crippen LogP contribution in [0.3, 0.4) is 0 Å². The molecule has 0 amide bonds. The first-order chi connectivity index (χ1) is 6.72. The van der Waals surface area contributed by atoms with E-state index in [1.165, 1.54) is 11.1 Å². The number of nitrogens with one attached hydrogen (secondary N) is 1. The van der Waals surface area contributed by atoms with Crippen LogP contribution in [0.15, 0.2) is 18.2 Å². The van der Waals surface area contributed by atoms with E-state index < -0.39 is 0 Å². The van der Waals surface area contributed by atoms with Crippen molar-refractivity contribution in [3.63, 3.8) is 0 Å². The molecule has 2 nitrogen and oxygen atoms in total. The average molecular weight is 211 g/mol. The Bertz CT molecular complexity index is 301. The van der Waals surface area contributed by atoms with Gasteiger partial charge in [0.05, 0.1) is 12.5 Å². The normalized spacial score (nSPS) is 12.6. The predicted octanol–water partition coefficient (Wildman–Crippen LogP) is 2.41. The first-order valence-electron chi connectivity index (χ1n) is 4.75. The smallest absolute Gasteiger partial charge is 0.122 e. The van der Waals surface area contributed by atoms with Crippen molar-refractivity contribution in [2.24, 2.45) is 0 Å². The number of ether oxygens (including phenoxy) is 1. The van der Waals surface area contributed by atoms with Gasteiger partial charge in [0.1, 0.15) is 5.75 Å². The molecule has 0 spiro atoms. The summed E-state index contributed by atoms with van der Waals surface area (Å²) in [7, 11) is 3.60. The Hall–Kier alpha value is -0.670. The van der Waals surface area contributed by atoms with Crippen LogP contribution in [-0.4, -0.2) is 14.2 Å². The van der Waals surface area contributed by atoms with Crippen LogP contribution in [0.4, 0.5) is 0 Å². The summed E-state index contributed by atoms with van der Waals surface area (Å²) in [6.45, 7) is 2.12. The van der Waals surface area contributed by atoms with Gasteiger partial charge in [0, 0.05) is 0 Å². The zero-order chi connectivity index (χ0) is 10.6. The average Bonchev–Trinajstić information content (AvgIpc) is 2.26. The Kier molecular flexibility index (Phi) is 4.29. The predicted molar refractivity (Wildman–Crippen MR) is 63.2 cm³/mol. The van der Waals surface area contributed by atoms with E-state index in [0.717, 1.165) is 12.2 Å². The van der Waals surface area contributed by atoms with Crippen molar-refractivity contribution in [1.82, 2.24) is 5.32 Å². The van der Waals surface area contributed by atoms with Crippen molar-refractivity contribution < 1.29 is 4.74 Å². The van der Waals surface area contributed by atoms with Gasteiger partial charge in [-0.05, 0) is 36.7 Å². The molecule has 1 unspecified atom stereocenters. The van der Waals surface area contributed by atoms with E-state index in [0.29, 0.717) is 0 Å². The lowest BCUT2D eigenvalue weighted by Gasteiger charge is -2.13. The molecule has 1 rings (SSSR count).